The highest BCUT2D eigenvalue weighted by Gasteiger charge is 2.16. The zero-order valence-corrected chi connectivity index (χ0v) is 12.2. The van der Waals surface area contributed by atoms with Gasteiger partial charge in [0.15, 0.2) is 0 Å². The molecule has 0 fully saturated rings. The Bertz CT molecular complexity index is 426. The number of anilines is 1. The molecule has 4 N–H and O–H groups in total. The average molecular weight is 283 g/mol. The molecule has 0 heterocycles. The van der Waals surface area contributed by atoms with Gasteiger partial charge in [0.05, 0.1) is 18.8 Å². The van der Waals surface area contributed by atoms with E-state index in [9.17, 15) is 5.11 Å². The van der Waals surface area contributed by atoms with Crippen molar-refractivity contribution in [1.29, 1.82) is 5.41 Å². The second kappa shape index (κ2) is 8.04. The van der Waals surface area contributed by atoms with Gasteiger partial charge < -0.3 is 20.5 Å². The topological polar surface area (TPSA) is 82.6 Å². The molecule has 6 heteroatoms. The van der Waals surface area contributed by atoms with Crippen molar-refractivity contribution in [2.75, 3.05) is 44.6 Å². The fraction of sp³-hybridized carbons (Fsp3) is 0.462. The first-order valence-corrected chi connectivity index (χ1v) is 7.24. The molecule has 0 atom stereocenters. The highest BCUT2D eigenvalue weighted by molar-refractivity contribution is 7.98. The quantitative estimate of drug-likeness (QED) is 0.378. The van der Waals surface area contributed by atoms with Crippen LogP contribution in [0.3, 0.4) is 0 Å². The number of rotatable bonds is 8. The van der Waals surface area contributed by atoms with Gasteiger partial charge in [-0.2, -0.15) is 0 Å². The lowest BCUT2D eigenvalue weighted by atomic mass is 10.1. The number of hydrogen-bond donors (Lipinski definition) is 3. The van der Waals surface area contributed by atoms with Crippen molar-refractivity contribution < 1.29 is 9.84 Å². The van der Waals surface area contributed by atoms with Crippen LogP contribution in [0.4, 0.5) is 5.69 Å². The molecular weight excluding hydrogens is 262 g/mol. The van der Waals surface area contributed by atoms with Crippen LogP contribution in [-0.2, 0) is 4.74 Å². The van der Waals surface area contributed by atoms with Crippen LogP contribution in [0.25, 0.3) is 0 Å². The van der Waals surface area contributed by atoms with Gasteiger partial charge in [-0.25, -0.2) is 0 Å². The molecule has 106 valence electrons. The van der Waals surface area contributed by atoms with E-state index in [1.165, 1.54) is 0 Å². The number of aliphatic hydroxyl groups is 1. The lowest BCUT2D eigenvalue weighted by molar-refractivity contribution is 0.203. The van der Waals surface area contributed by atoms with Crippen molar-refractivity contribution >= 4 is 23.3 Å². The molecule has 0 aromatic heterocycles. The predicted molar refractivity (Wildman–Crippen MR) is 80.4 cm³/mol. The molecule has 0 aliphatic heterocycles. The summed E-state index contributed by atoms with van der Waals surface area (Å²) >= 11 is 1.56. The Balaban J connectivity index is 3.16. The van der Waals surface area contributed by atoms with Gasteiger partial charge in [0.1, 0.15) is 5.84 Å². The highest BCUT2D eigenvalue weighted by Crippen LogP contribution is 2.29. The average Bonchev–Trinajstić information content (AvgIpc) is 2.42. The van der Waals surface area contributed by atoms with Crippen LogP contribution in [0.1, 0.15) is 5.56 Å². The van der Waals surface area contributed by atoms with Gasteiger partial charge in [-0.05, 0) is 18.4 Å². The van der Waals surface area contributed by atoms with E-state index in [-0.39, 0.29) is 12.4 Å². The summed E-state index contributed by atoms with van der Waals surface area (Å²) in [5, 5.41) is 16.9. The van der Waals surface area contributed by atoms with Crippen molar-refractivity contribution in [3.05, 3.63) is 23.8 Å². The minimum atomic E-state index is 0.0420. The first-order valence-electron chi connectivity index (χ1n) is 6.01. The number of methoxy groups -OCH3 is 1. The number of ether oxygens (including phenoxy) is 1. The molecule has 0 aliphatic carbocycles. The molecule has 0 radical (unpaired) electrons. The lowest BCUT2D eigenvalue weighted by Gasteiger charge is -2.26. The summed E-state index contributed by atoms with van der Waals surface area (Å²) in [7, 11) is 1.64. The van der Waals surface area contributed by atoms with Gasteiger partial charge >= 0.3 is 0 Å². The largest absolute Gasteiger partial charge is 0.395 e. The van der Waals surface area contributed by atoms with E-state index in [2.05, 4.69) is 0 Å². The summed E-state index contributed by atoms with van der Waals surface area (Å²) in [4.78, 5) is 2.95. The second-order valence-electron chi connectivity index (χ2n) is 3.97. The number of nitrogens with one attached hydrogen (secondary N) is 1. The Morgan fingerprint density at radius 2 is 2.21 bits per heavy atom. The van der Waals surface area contributed by atoms with Crippen LogP contribution in [-0.4, -0.2) is 50.6 Å². The Labute approximate surface area is 118 Å². The van der Waals surface area contributed by atoms with Crippen molar-refractivity contribution in [2.24, 2.45) is 5.73 Å². The molecular formula is C13H21N3O2S. The number of nitrogen functional groups attached to an aromatic ring is 1. The smallest absolute Gasteiger partial charge is 0.126 e. The number of amidine groups is 1. The van der Waals surface area contributed by atoms with Crippen LogP contribution in [0.5, 0.6) is 0 Å². The third-order valence-corrected chi connectivity index (χ3v) is 3.55. The van der Waals surface area contributed by atoms with E-state index in [0.29, 0.717) is 19.7 Å². The molecule has 0 unspecified atom stereocenters. The van der Waals surface area contributed by atoms with E-state index in [4.69, 9.17) is 15.9 Å². The number of thioether (sulfide) groups is 1. The van der Waals surface area contributed by atoms with Crippen LogP contribution in [0.2, 0.25) is 0 Å². The molecule has 0 saturated carbocycles. The molecule has 1 rings (SSSR count). The normalized spacial score (nSPS) is 10.5. The van der Waals surface area contributed by atoms with E-state index < -0.39 is 0 Å². The number of nitrogens with zero attached hydrogens (tertiary/aromatic N) is 1. The minimum Gasteiger partial charge on any atom is -0.395 e. The minimum absolute atomic E-state index is 0.0420. The zero-order chi connectivity index (χ0) is 14.3. The Morgan fingerprint density at radius 1 is 1.47 bits per heavy atom. The summed E-state index contributed by atoms with van der Waals surface area (Å²) in [6, 6.07) is 5.80. The van der Waals surface area contributed by atoms with Gasteiger partial charge in [0.25, 0.3) is 0 Å². The standard InChI is InChI=1S/C13H21N3O2S/c1-18-9-7-16(6-8-17)10-4-3-5-11(19-2)12(10)13(14)15/h3-5,17H,6-9H2,1-2H3,(H3,14,15). The Morgan fingerprint density at radius 3 is 2.74 bits per heavy atom. The van der Waals surface area contributed by atoms with E-state index in [1.807, 2.05) is 29.4 Å². The summed E-state index contributed by atoms with van der Waals surface area (Å²) in [5.41, 5.74) is 7.29. The number of benzene rings is 1. The number of hydrogen-bond acceptors (Lipinski definition) is 5. The van der Waals surface area contributed by atoms with Gasteiger partial charge in [0.2, 0.25) is 0 Å². The van der Waals surface area contributed by atoms with Crippen molar-refractivity contribution in [2.45, 2.75) is 4.90 Å². The molecule has 0 saturated heterocycles. The number of aliphatic hydroxyl groups excluding tert-OH is 1. The zero-order valence-electron chi connectivity index (χ0n) is 11.3. The van der Waals surface area contributed by atoms with Crippen molar-refractivity contribution in [3.8, 4) is 0 Å². The van der Waals surface area contributed by atoms with Crippen LogP contribution >= 0.6 is 11.8 Å². The first-order chi connectivity index (χ1) is 9.15. The third kappa shape index (κ3) is 4.12. The molecule has 0 aliphatic rings. The molecule has 0 amide bonds. The summed E-state index contributed by atoms with van der Waals surface area (Å²) < 4.78 is 5.08. The molecule has 5 nitrogen and oxygen atoms in total. The molecule has 1 aromatic carbocycles. The molecule has 1 aromatic rings. The molecule has 0 bridgehead atoms. The maximum atomic E-state index is 9.18. The summed E-state index contributed by atoms with van der Waals surface area (Å²) in [6.07, 6.45) is 1.96. The fourth-order valence-electron chi connectivity index (χ4n) is 1.90. The number of nitrogens with two attached hydrogens (primary N) is 1. The van der Waals surface area contributed by atoms with Gasteiger partial charge in [-0.15, -0.1) is 11.8 Å². The molecule has 0 spiro atoms. The first kappa shape index (κ1) is 15.8. The SMILES string of the molecule is COCCN(CCO)c1cccc(SC)c1C(=N)N. The monoisotopic (exact) mass is 283 g/mol. The van der Waals surface area contributed by atoms with Gasteiger partial charge in [-0.1, -0.05) is 6.07 Å². The highest BCUT2D eigenvalue weighted by atomic mass is 32.2. The van der Waals surface area contributed by atoms with Crippen molar-refractivity contribution in [3.63, 3.8) is 0 Å². The maximum Gasteiger partial charge on any atom is 0.126 e. The van der Waals surface area contributed by atoms with E-state index in [1.54, 1.807) is 18.9 Å². The predicted octanol–water partition coefficient (Wildman–Crippen LogP) is 1.14. The Kier molecular flexibility index (Phi) is 6.69. The Hall–Kier alpha value is -1.24. The fourth-order valence-corrected chi connectivity index (χ4v) is 2.53. The molecule has 19 heavy (non-hydrogen) atoms. The summed E-state index contributed by atoms with van der Waals surface area (Å²) in [5.74, 6) is 0.0420. The van der Waals surface area contributed by atoms with Gasteiger partial charge in [-0.3, -0.25) is 5.41 Å². The van der Waals surface area contributed by atoms with E-state index >= 15 is 0 Å². The maximum absolute atomic E-state index is 9.18. The van der Waals surface area contributed by atoms with Crippen LogP contribution in [0.15, 0.2) is 23.1 Å². The van der Waals surface area contributed by atoms with Crippen molar-refractivity contribution in [1.82, 2.24) is 0 Å². The van der Waals surface area contributed by atoms with E-state index in [0.717, 1.165) is 16.1 Å². The van der Waals surface area contributed by atoms with Gasteiger partial charge in [0, 0.05) is 30.8 Å². The lowest BCUT2D eigenvalue weighted by Crippen LogP contribution is -2.32. The summed E-state index contributed by atoms with van der Waals surface area (Å²) in [6.45, 7) is 1.74. The third-order valence-electron chi connectivity index (χ3n) is 2.77. The second-order valence-corrected chi connectivity index (χ2v) is 4.82. The van der Waals surface area contributed by atoms with Crippen LogP contribution < -0.4 is 10.6 Å². The van der Waals surface area contributed by atoms with Crippen LogP contribution in [0, 0.1) is 5.41 Å².